The second kappa shape index (κ2) is 5.22. The second-order valence-corrected chi connectivity index (χ2v) is 5.98. The molecule has 1 heterocycles. The molecule has 0 aromatic carbocycles. The van der Waals surface area contributed by atoms with Gasteiger partial charge in [0.1, 0.15) is 6.17 Å². The topological polar surface area (TPSA) is 115 Å². The third-order valence-electron chi connectivity index (χ3n) is 2.22. The highest BCUT2D eigenvalue weighted by Gasteiger charge is 2.39. The number of rotatable bonds is 5. The number of hydrogen-bond acceptors (Lipinski definition) is 6. The maximum absolute atomic E-state index is 11.4. The molecule has 0 saturated carbocycles. The van der Waals surface area contributed by atoms with Gasteiger partial charge < -0.3 is 13.3 Å². The van der Waals surface area contributed by atoms with Crippen LogP contribution in [0.4, 0.5) is 0 Å². The number of aromatic amines is 2. The number of aromatic nitrogens is 3. The summed E-state index contributed by atoms with van der Waals surface area (Å²) < 4.78 is 16.0. The van der Waals surface area contributed by atoms with Crippen molar-refractivity contribution in [2.24, 2.45) is 0 Å². The standard InChI is InChI=1S/C7H13N3O6Si/c1-14-17(15-2,16-3)4-10-6(12)8-5(11)9-7(10)13/h4H2,1-3H3,(H2,8,9,11,12,13). The largest absolute Gasteiger partial charge is 0.521 e. The van der Waals surface area contributed by atoms with Crippen molar-refractivity contribution in [1.82, 2.24) is 14.5 Å². The molecule has 96 valence electrons. The lowest BCUT2D eigenvalue weighted by atomic mass is 10.9. The maximum atomic E-state index is 11.4. The van der Waals surface area contributed by atoms with E-state index in [1.807, 2.05) is 9.97 Å². The molecule has 2 N–H and O–H groups in total. The van der Waals surface area contributed by atoms with Gasteiger partial charge in [-0.3, -0.25) is 9.97 Å². The van der Waals surface area contributed by atoms with E-state index in [2.05, 4.69) is 0 Å². The average molecular weight is 263 g/mol. The molecule has 0 fully saturated rings. The fraction of sp³-hybridized carbons (Fsp3) is 0.571. The first-order valence-electron chi connectivity index (χ1n) is 4.57. The Morgan fingerprint density at radius 2 is 1.41 bits per heavy atom. The smallest absolute Gasteiger partial charge is 0.376 e. The predicted octanol–water partition coefficient (Wildman–Crippen LogP) is -2.36. The molecule has 0 atom stereocenters. The van der Waals surface area contributed by atoms with Gasteiger partial charge in [0.2, 0.25) is 0 Å². The van der Waals surface area contributed by atoms with Gasteiger partial charge >= 0.3 is 25.9 Å². The summed E-state index contributed by atoms with van der Waals surface area (Å²) in [5.41, 5.74) is -2.56. The highest BCUT2D eigenvalue weighted by molar-refractivity contribution is 6.59. The molecule has 1 rings (SSSR count). The van der Waals surface area contributed by atoms with E-state index in [4.69, 9.17) is 13.3 Å². The number of hydrogen-bond donors (Lipinski definition) is 2. The van der Waals surface area contributed by atoms with Crippen LogP contribution >= 0.6 is 0 Å². The highest BCUT2D eigenvalue weighted by Crippen LogP contribution is 2.06. The summed E-state index contributed by atoms with van der Waals surface area (Å²) in [6, 6.07) is 0. The zero-order chi connectivity index (χ0) is 13.1. The lowest BCUT2D eigenvalue weighted by molar-refractivity contribution is 0.115. The average Bonchev–Trinajstić information content (AvgIpc) is 2.29. The Hall–Kier alpha value is -1.49. The molecule has 0 unspecified atom stereocenters. The van der Waals surface area contributed by atoms with Crippen LogP contribution < -0.4 is 17.1 Å². The highest BCUT2D eigenvalue weighted by atomic mass is 28.4. The summed E-state index contributed by atoms with van der Waals surface area (Å²) in [5.74, 6) is 0. The minimum atomic E-state index is -3.12. The van der Waals surface area contributed by atoms with Gasteiger partial charge in [0.15, 0.2) is 0 Å². The van der Waals surface area contributed by atoms with E-state index < -0.39 is 25.9 Å². The van der Waals surface area contributed by atoms with E-state index in [1.54, 1.807) is 0 Å². The number of H-pyrrole nitrogens is 2. The molecule has 10 heteroatoms. The number of nitrogens with zero attached hydrogens (tertiary/aromatic N) is 1. The van der Waals surface area contributed by atoms with Crippen LogP contribution in [0.2, 0.25) is 0 Å². The second-order valence-electron chi connectivity index (χ2n) is 3.07. The minimum Gasteiger partial charge on any atom is -0.376 e. The first kappa shape index (κ1) is 13.6. The van der Waals surface area contributed by atoms with Crippen LogP contribution in [-0.2, 0) is 19.4 Å². The summed E-state index contributed by atoms with van der Waals surface area (Å²) in [5, 5.41) is 0. The van der Waals surface area contributed by atoms with Crippen LogP contribution in [0.5, 0.6) is 0 Å². The summed E-state index contributed by atoms with van der Waals surface area (Å²) >= 11 is 0. The van der Waals surface area contributed by atoms with Crippen LogP contribution in [-0.4, -0.2) is 44.7 Å². The van der Waals surface area contributed by atoms with Gasteiger partial charge in [0.25, 0.3) is 0 Å². The van der Waals surface area contributed by atoms with E-state index >= 15 is 0 Å². The van der Waals surface area contributed by atoms with Crippen molar-refractivity contribution >= 4 is 8.80 Å². The summed E-state index contributed by atoms with van der Waals surface area (Å²) in [6.45, 7) is 0. The first-order valence-corrected chi connectivity index (χ1v) is 6.50. The van der Waals surface area contributed by atoms with Crippen molar-refractivity contribution in [3.05, 3.63) is 31.5 Å². The lowest BCUT2D eigenvalue weighted by Crippen LogP contribution is -2.54. The van der Waals surface area contributed by atoms with Gasteiger partial charge in [0.05, 0.1) is 0 Å². The van der Waals surface area contributed by atoms with Crippen molar-refractivity contribution in [3.63, 3.8) is 0 Å². The molecule has 0 bridgehead atoms. The summed E-state index contributed by atoms with van der Waals surface area (Å²) in [7, 11) is 0.936. The van der Waals surface area contributed by atoms with Crippen LogP contribution in [0.3, 0.4) is 0 Å². The monoisotopic (exact) mass is 263 g/mol. The third-order valence-corrected chi connectivity index (χ3v) is 4.79. The maximum Gasteiger partial charge on any atom is 0.521 e. The Labute approximate surface area is 96.3 Å². The fourth-order valence-electron chi connectivity index (χ4n) is 1.23. The Bertz CT molecular complexity index is 499. The molecule has 0 aliphatic carbocycles. The van der Waals surface area contributed by atoms with Gasteiger partial charge in [-0.05, 0) is 0 Å². The van der Waals surface area contributed by atoms with Gasteiger partial charge in [-0.2, -0.15) is 0 Å². The van der Waals surface area contributed by atoms with E-state index in [-0.39, 0.29) is 6.17 Å². The zero-order valence-corrected chi connectivity index (χ0v) is 10.6. The molecular formula is C7H13N3O6Si. The molecule has 0 aliphatic heterocycles. The van der Waals surface area contributed by atoms with E-state index in [0.29, 0.717) is 0 Å². The normalized spacial score (nSPS) is 11.7. The quantitative estimate of drug-likeness (QED) is 0.574. The molecule has 0 spiro atoms. The minimum absolute atomic E-state index is 0.193. The van der Waals surface area contributed by atoms with Gasteiger partial charge in [0, 0.05) is 21.3 Å². The molecular weight excluding hydrogens is 250 g/mol. The van der Waals surface area contributed by atoms with Crippen molar-refractivity contribution in [1.29, 1.82) is 0 Å². The molecule has 0 radical (unpaired) electrons. The first-order chi connectivity index (χ1) is 7.98. The molecule has 0 amide bonds. The van der Waals surface area contributed by atoms with Crippen molar-refractivity contribution in [2.45, 2.75) is 6.17 Å². The van der Waals surface area contributed by atoms with E-state index in [1.165, 1.54) is 21.3 Å². The summed E-state index contributed by atoms with van der Waals surface area (Å²) in [4.78, 5) is 37.5. The van der Waals surface area contributed by atoms with Crippen molar-refractivity contribution in [3.8, 4) is 0 Å². The van der Waals surface area contributed by atoms with Crippen molar-refractivity contribution < 1.29 is 13.3 Å². The van der Waals surface area contributed by atoms with Crippen LogP contribution in [0.15, 0.2) is 14.4 Å². The Balaban J connectivity index is 3.24. The predicted molar refractivity (Wildman–Crippen MR) is 58.7 cm³/mol. The van der Waals surface area contributed by atoms with Gasteiger partial charge in [-0.15, -0.1) is 0 Å². The van der Waals surface area contributed by atoms with Crippen LogP contribution in [0.25, 0.3) is 0 Å². The molecule has 0 aliphatic rings. The number of nitrogens with one attached hydrogen (secondary N) is 2. The Morgan fingerprint density at radius 1 is 1.00 bits per heavy atom. The lowest BCUT2D eigenvalue weighted by Gasteiger charge is -2.24. The van der Waals surface area contributed by atoms with Crippen molar-refractivity contribution in [2.75, 3.05) is 21.3 Å². The Morgan fingerprint density at radius 3 is 1.76 bits per heavy atom. The molecule has 9 nitrogen and oxygen atoms in total. The Kier molecular flexibility index (Phi) is 4.17. The molecule has 17 heavy (non-hydrogen) atoms. The van der Waals surface area contributed by atoms with Crippen LogP contribution in [0.1, 0.15) is 0 Å². The SMILES string of the molecule is CO[Si](Cn1c(=O)[nH]c(=O)[nH]c1=O)(OC)OC. The van der Waals surface area contributed by atoms with E-state index in [0.717, 1.165) is 4.57 Å². The third kappa shape index (κ3) is 2.79. The van der Waals surface area contributed by atoms with Gasteiger partial charge in [-0.25, -0.2) is 19.0 Å². The molecule has 0 saturated heterocycles. The zero-order valence-electron chi connectivity index (χ0n) is 9.60. The fourth-order valence-corrected chi connectivity index (χ4v) is 2.80. The van der Waals surface area contributed by atoms with E-state index in [9.17, 15) is 14.4 Å². The molecule has 1 aromatic rings. The summed E-state index contributed by atoms with van der Waals surface area (Å²) in [6.07, 6.45) is -0.193. The van der Waals surface area contributed by atoms with Crippen LogP contribution in [0, 0.1) is 0 Å². The molecule has 1 aromatic heterocycles. The van der Waals surface area contributed by atoms with Gasteiger partial charge in [-0.1, -0.05) is 0 Å².